The van der Waals surface area contributed by atoms with E-state index >= 15 is 0 Å². The van der Waals surface area contributed by atoms with E-state index < -0.39 is 0 Å². The van der Waals surface area contributed by atoms with Crippen LogP contribution in [0.5, 0.6) is 0 Å². The van der Waals surface area contributed by atoms with Gasteiger partial charge in [-0.15, -0.1) is 0 Å². The summed E-state index contributed by atoms with van der Waals surface area (Å²) in [5.41, 5.74) is 0.130. The molecule has 1 nitrogen and oxygen atoms in total. The minimum atomic E-state index is 0.130. The molecule has 1 fully saturated rings. The fourth-order valence-corrected chi connectivity index (χ4v) is 3.49. The molecule has 1 saturated carbocycles. The molecule has 2 heteroatoms. The van der Waals surface area contributed by atoms with Crippen LogP contribution >= 0.6 is 15.9 Å². The lowest BCUT2D eigenvalue weighted by molar-refractivity contribution is -0.0858. The summed E-state index contributed by atoms with van der Waals surface area (Å²) in [7, 11) is 0. The van der Waals surface area contributed by atoms with Crippen molar-refractivity contribution in [2.24, 2.45) is 5.92 Å². The van der Waals surface area contributed by atoms with Gasteiger partial charge in [0.05, 0.1) is 11.7 Å². The van der Waals surface area contributed by atoms with Crippen LogP contribution in [0.2, 0.25) is 0 Å². The maximum Gasteiger partial charge on any atom is 0.0782 e. The maximum atomic E-state index is 6.37. The second-order valence-electron chi connectivity index (χ2n) is 5.79. The van der Waals surface area contributed by atoms with Crippen LogP contribution in [0.4, 0.5) is 0 Å². The van der Waals surface area contributed by atoms with E-state index in [1.165, 1.54) is 44.9 Å². The van der Waals surface area contributed by atoms with Crippen LogP contribution < -0.4 is 0 Å². The molecule has 0 N–H and O–H groups in total. The number of halogens is 1. The van der Waals surface area contributed by atoms with Gasteiger partial charge in [-0.05, 0) is 32.1 Å². The molecule has 0 aliphatic heterocycles. The second kappa shape index (κ2) is 7.00. The van der Waals surface area contributed by atoms with Gasteiger partial charge in [0.2, 0.25) is 0 Å². The topological polar surface area (TPSA) is 9.23 Å². The van der Waals surface area contributed by atoms with Crippen molar-refractivity contribution in [3.05, 3.63) is 0 Å². The standard InChI is InChI=1S/C14H27BrO/c1-12(2)10-13(3)16-14(11-15)8-6-4-5-7-9-14/h12-13H,4-11H2,1-3H3. The maximum absolute atomic E-state index is 6.37. The third-order valence-corrected chi connectivity index (χ3v) is 4.53. The summed E-state index contributed by atoms with van der Waals surface area (Å²) in [4.78, 5) is 0. The first-order valence-corrected chi connectivity index (χ1v) is 7.94. The Morgan fingerprint density at radius 1 is 1.06 bits per heavy atom. The smallest absolute Gasteiger partial charge is 0.0782 e. The van der Waals surface area contributed by atoms with E-state index in [0.29, 0.717) is 6.10 Å². The zero-order valence-corrected chi connectivity index (χ0v) is 12.7. The molecule has 0 bridgehead atoms. The molecule has 0 aromatic carbocycles. The lowest BCUT2D eigenvalue weighted by Gasteiger charge is -2.34. The molecular formula is C14H27BrO. The number of hydrogen-bond acceptors (Lipinski definition) is 1. The summed E-state index contributed by atoms with van der Waals surface area (Å²) in [6.07, 6.45) is 9.49. The molecule has 0 aromatic rings. The van der Waals surface area contributed by atoms with Crippen molar-refractivity contribution in [2.45, 2.75) is 77.4 Å². The third-order valence-electron chi connectivity index (χ3n) is 3.51. The average molecular weight is 291 g/mol. The van der Waals surface area contributed by atoms with Crippen LogP contribution in [0.15, 0.2) is 0 Å². The van der Waals surface area contributed by atoms with Crippen LogP contribution in [0, 0.1) is 5.92 Å². The predicted molar refractivity (Wildman–Crippen MR) is 74.2 cm³/mol. The Morgan fingerprint density at radius 3 is 2.06 bits per heavy atom. The lowest BCUT2D eigenvalue weighted by Crippen LogP contribution is -2.37. The number of hydrogen-bond donors (Lipinski definition) is 0. The van der Waals surface area contributed by atoms with E-state index in [9.17, 15) is 0 Å². The SMILES string of the molecule is CC(C)CC(C)OC1(CBr)CCCCCC1. The minimum absolute atomic E-state index is 0.130. The molecule has 96 valence electrons. The Kier molecular flexibility index (Phi) is 6.35. The molecule has 0 radical (unpaired) electrons. The monoisotopic (exact) mass is 290 g/mol. The second-order valence-corrected chi connectivity index (χ2v) is 6.35. The largest absolute Gasteiger partial charge is 0.371 e. The summed E-state index contributed by atoms with van der Waals surface area (Å²) >= 11 is 3.67. The van der Waals surface area contributed by atoms with Gasteiger partial charge in [0.25, 0.3) is 0 Å². The number of alkyl halides is 1. The predicted octanol–water partition coefficient (Wildman–Crippen LogP) is 4.93. The van der Waals surface area contributed by atoms with Crippen molar-refractivity contribution >= 4 is 15.9 Å². The molecule has 0 heterocycles. The van der Waals surface area contributed by atoms with Crippen LogP contribution in [0.1, 0.15) is 65.7 Å². The van der Waals surface area contributed by atoms with Gasteiger partial charge in [0.15, 0.2) is 0 Å². The Hall–Kier alpha value is 0.440. The van der Waals surface area contributed by atoms with Crippen molar-refractivity contribution in [3.8, 4) is 0 Å². The Balaban J connectivity index is 2.50. The zero-order valence-electron chi connectivity index (χ0n) is 11.1. The molecule has 0 amide bonds. The zero-order chi connectivity index (χ0) is 12.0. The van der Waals surface area contributed by atoms with Crippen molar-refractivity contribution in [2.75, 3.05) is 5.33 Å². The highest BCUT2D eigenvalue weighted by Crippen LogP contribution is 2.34. The summed E-state index contributed by atoms with van der Waals surface area (Å²) in [6.45, 7) is 6.77. The van der Waals surface area contributed by atoms with E-state index in [2.05, 4.69) is 36.7 Å². The molecule has 1 aliphatic rings. The summed E-state index contributed by atoms with van der Waals surface area (Å²) in [5, 5.41) is 1.00. The fraction of sp³-hybridized carbons (Fsp3) is 1.00. The van der Waals surface area contributed by atoms with Gasteiger partial charge in [-0.1, -0.05) is 55.5 Å². The summed E-state index contributed by atoms with van der Waals surface area (Å²) in [5.74, 6) is 0.730. The molecule has 0 aromatic heterocycles. The van der Waals surface area contributed by atoms with Crippen LogP contribution in [0.3, 0.4) is 0 Å². The highest BCUT2D eigenvalue weighted by atomic mass is 79.9. The van der Waals surface area contributed by atoms with Gasteiger partial charge >= 0.3 is 0 Å². The summed E-state index contributed by atoms with van der Waals surface area (Å²) in [6, 6.07) is 0. The van der Waals surface area contributed by atoms with E-state index in [4.69, 9.17) is 4.74 Å². The molecule has 0 saturated heterocycles. The van der Waals surface area contributed by atoms with Gasteiger partial charge in [0.1, 0.15) is 0 Å². The molecule has 1 rings (SSSR count). The van der Waals surface area contributed by atoms with Crippen molar-refractivity contribution in [1.29, 1.82) is 0 Å². The molecule has 16 heavy (non-hydrogen) atoms. The van der Waals surface area contributed by atoms with Crippen molar-refractivity contribution in [3.63, 3.8) is 0 Å². The molecule has 0 spiro atoms. The van der Waals surface area contributed by atoms with Gasteiger partial charge in [-0.25, -0.2) is 0 Å². The minimum Gasteiger partial charge on any atom is -0.371 e. The average Bonchev–Trinajstić information content (AvgIpc) is 2.43. The number of rotatable bonds is 5. The van der Waals surface area contributed by atoms with Gasteiger partial charge < -0.3 is 4.74 Å². The van der Waals surface area contributed by atoms with Gasteiger partial charge in [0, 0.05) is 5.33 Å². The van der Waals surface area contributed by atoms with Gasteiger partial charge in [-0.2, -0.15) is 0 Å². The number of ether oxygens (including phenoxy) is 1. The van der Waals surface area contributed by atoms with Crippen LogP contribution in [-0.2, 0) is 4.74 Å². The van der Waals surface area contributed by atoms with Crippen molar-refractivity contribution in [1.82, 2.24) is 0 Å². The van der Waals surface area contributed by atoms with E-state index in [-0.39, 0.29) is 5.60 Å². The summed E-state index contributed by atoms with van der Waals surface area (Å²) < 4.78 is 6.37. The van der Waals surface area contributed by atoms with Crippen molar-refractivity contribution < 1.29 is 4.74 Å². The first kappa shape index (κ1) is 14.5. The van der Waals surface area contributed by atoms with E-state index in [0.717, 1.165) is 11.2 Å². The Labute approximate surface area is 109 Å². The van der Waals surface area contributed by atoms with Crippen LogP contribution in [-0.4, -0.2) is 17.0 Å². The molecule has 1 aliphatic carbocycles. The Morgan fingerprint density at radius 2 is 1.62 bits per heavy atom. The molecule has 1 unspecified atom stereocenters. The third kappa shape index (κ3) is 4.75. The Bertz CT molecular complexity index is 183. The lowest BCUT2D eigenvalue weighted by atomic mass is 9.95. The first-order valence-electron chi connectivity index (χ1n) is 6.82. The highest BCUT2D eigenvalue weighted by Gasteiger charge is 2.32. The van der Waals surface area contributed by atoms with E-state index in [1.54, 1.807) is 0 Å². The molecule has 1 atom stereocenters. The molecular weight excluding hydrogens is 264 g/mol. The van der Waals surface area contributed by atoms with Gasteiger partial charge in [-0.3, -0.25) is 0 Å². The quantitative estimate of drug-likeness (QED) is 0.515. The van der Waals surface area contributed by atoms with Crippen LogP contribution in [0.25, 0.3) is 0 Å². The normalized spacial score (nSPS) is 23.1. The van der Waals surface area contributed by atoms with E-state index in [1.807, 2.05) is 0 Å². The fourth-order valence-electron chi connectivity index (χ4n) is 2.79. The first-order chi connectivity index (χ1) is 7.58. The highest BCUT2D eigenvalue weighted by molar-refractivity contribution is 9.09.